The summed E-state index contributed by atoms with van der Waals surface area (Å²) >= 11 is 0. The number of amides is 1. The number of benzene rings is 1. The Morgan fingerprint density at radius 3 is 2.75 bits per heavy atom. The summed E-state index contributed by atoms with van der Waals surface area (Å²) in [7, 11) is 0. The summed E-state index contributed by atoms with van der Waals surface area (Å²) in [6.45, 7) is 0.908. The van der Waals surface area contributed by atoms with Gasteiger partial charge in [0.05, 0.1) is 17.7 Å². The predicted molar refractivity (Wildman–Crippen MR) is 60.8 cm³/mol. The second-order valence-electron chi connectivity index (χ2n) is 3.83. The number of nitriles is 1. The maximum atomic E-state index is 11.7. The number of nitrogens with one attached hydrogen (secondary N) is 2. The lowest BCUT2D eigenvalue weighted by atomic mass is 10.2. The second-order valence-corrected chi connectivity index (χ2v) is 3.83. The van der Waals surface area contributed by atoms with Gasteiger partial charge in [-0.2, -0.15) is 5.26 Å². The van der Waals surface area contributed by atoms with Gasteiger partial charge in [-0.25, -0.2) is 0 Å². The normalized spacial score (nSPS) is 19.1. The number of carbonyl (C=O) groups excluding carboxylic acids is 1. The van der Waals surface area contributed by atoms with Gasteiger partial charge in [-0.3, -0.25) is 4.79 Å². The first-order valence-electron chi connectivity index (χ1n) is 5.34. The smallest absolute Gasteiger partial charge is 0.241 e. The van der Waals surface area contributed by atoms with E-state index in [1.54, 1.807) is 24.3 Å². The molecule has 1 heterocycles. The van der Waals surface area contributed by atoms with E-state index in [0.29, 0.717) is 5.56 Å². The van der Waals surface area contributed by atoms with Gasteiger partial charge in [-0.15, -0.1) is 0 Å². The van der Waals surface area contributed by atoms with Crippen molar-refractivity contribution in [1.82, 2.24) is 5.32 Å². The first-order chi connectivity index (χ1) is 7.79. The fraction of sp³-hybridized carbons (Fsp3) is 0.333. The molecule has 0 aromatic heterocycles. The Labute approximate surface area is 94.3 Å². The molecule has 1 saturated heterocycles. The molecule has 0 unspecified atom stereocenters. The molecule has 2 N–H and O–H groups in total. The lowest BCUT2D eigenvalue weighted by molar-refractivity contribution is -0.117. The van der Waals surface area contributed by atoms with E-state index in [9.17, 15) is 4.79 Å². The first kappa shape index (κ1) is 10.7. The summed E-state index contributed by atoms with van der Waals surface area (Å²) < 4.78 is 0. The van der Waals surface area contributed by atoms with Crippen molar-refractivity contribution in [2.75, 3.05) is 11.9 Å². The van der Waals surface area contributed by atoms with Gasteiger partial charge < -0.3 is 10.6 Å². The zero-order chi connectivity index (χ0) is 11.4. The molecule has 0 saturated carbocycles. The predicted octanol–water partition coefficient (Wildman–Crippen LogP) is 1.25. The van der Waals surface area contributed by atoms with Crippen LogP contribution in [0, 0.1) is 11.3 Å². The van der Waals surface area contributed by atoms with Gasteiger partial charge >= 0.3 is 0 Å². The van der Waals surface area contributed by atoms with Gasteiger partial charge in [0.15, 0.2) is 0 Å². The molecule has 0 aliphatic carbocycles. The van der Waals surface area contributed by atoms with Gasteiger partial charge in [0, 0.05) is 5.69 Å². The Kier molecular flexibility index (Phi) is 3.18. The Hall–Kier alpha value is -1.86. The zero-order valence-corrected chi connectivity index (χ0v) is 8.86. The van der Waals surface area contributed by atoms with Crippen LogP contribution in [0.5, 0.6) is 0 Å². The van der Waals surface area contributed by atoms with Gasteiger partial charge in [0.25, 0.3) is 0 Å². The third-order valence-corrected chi connectivity index (χ3v) is 2.66. The highest BCUT2D eigenvalue weighted by atomic mass is 16.2. The van der Waals surface area contributed by atoms with Crippen LogP contribution < -0.4 is 10.6 Å². The Morgan fingerprint density at radius 2 is 2.19 bits per heavy atom. The molecule has 4 heteroatoms. The quantitative estimate of drug-likeness (QED) is 0.780. The van der Waals surface area contributed by atoms with E-state index in [2.05, 4.69) is 10.6 Å². The number of nitrogens with zero attached hydrogens (tertiary/aromatic N) is 1. The topological polar surface area (TPSA) is 64.9 Å². The molecule has 1 aromatic rings. The average Bonchev–Trinajstić information content (AvgIpc) is 2.83. The Morgan fingerprint density at radius 1 is 1.44 bits per heavy atom. The SMILES string of the molecule is N#Cc1ccc(NC(=O)[C@H]2CCCN2)cc1. The summed E-state index contributed by atoms with van der Waals surface area (Å²) in [5.41, 5.74) is 1.33. The van der Waals surface area contributed by atoms with Crippen LogP contribution >= 0.6 is 0 Å². The molecule has 1 aromatic carbocycles. The van der Waals surface area contributed by atoms with Crippen LogP contribution in [0.25, 0.3) is 0 Å². The summed E-state index contributed by atoms with van der Waals surface area (Å²) in [5.74, 6) is 0.00204. The highest BCUT2D eigenvalue weighted by molar-refractivity contribution is 5.95. The van der Waals surface area contributed by atoms with Crippen LogP contribution in [-0.4, -0.2) is 18.5 Å². The molecular formula is C12H13N3O. The first-order valence-corrected chi connectivity index (χ1v) is 5.34. The third kappa shape index (κ3) is 2.38. The van der Waals surface area contributed by atoms with Gasteiger partial charge in [0.1, 0.15) is 0 Å². The monoisotopic (exact) mass is 215 g/mol. The molecule has 1 atom stereocenters. The van der Waals surface area contributed by atoms with E-state index in [-0.39, 0.29) is 11.9 Å². The van der Waals surface area contributed by atoms with Crippen LogP contribution in [0.3, 0.4) is 0 Å². The minimum atomic E-state index is -0.0735. The molecule has 0 bridgehead atoms. The highest BCUT2D eigenvalue weighted by Gasteiger charge is 2.21. The minimum absolute atomic E-state index is 0.00204. The maximum Gasteiger partial charge on any atom is 0.241 e. The van der Waals surface area contributed by atoms with E-state index in [0.717, 1.165) is 25.1 Å². The van der Waals surface area contributed by atoms with E-state index in [4.69, 9.17) is 5.26 Å². The van der Waals surface area contributed by atoms with Crippen molar-refractivity contribution in [1.29, 1.82) is 5.26 Å². The standard InChI is InChI=1S/C12H13N3O/c13-8-9-3-5-10(6-4-9)15-12(16)11-2-1-7-14-11/h3-6,11,14H,1-2,7H2,(H,15,16)/t11-/m1/s1. The van der Waals surface area contributed by atoms with Crippen molar-refractivity contribution < 1.29 is 4.79 Å². The van der Waals surface area contributed by atoms with Crippen LogP contribution in [-0.2, 0) is 4.79 Å². The summed E-state index contributed by atoms with van der Waals surface area (Å²) in [6.07, 6.45) is 1.94. The van der Waals surface area contributed by atoms with Crippen LogP contribution in [0.1, 0.15) is 18.4 Å². The number of carbonyl (C=O) groups is 1. The molecule has 4 nitrogen and oxygen atoms in total. The number of hydrogen-bond acceptors (Lipinski definition) is 3. The molecule has 1 aliphatic heterocycles. The lowest BCUT2D eigenvalue weighted by Crippen LogP contribution is -2.35. The largest absolute Gasteiger partial charge is 0.325 e. The van der Waals surface area contributed by atoms with Crippen molar-refractivity contribution in [2.24, 2.45) is 0 Å². The van der Waals surface area contributed by atoms with Gasteiger partial charge in [0.2, 0.25) is 5.91 Å². The molecular weight excluding hydrogens is 202 g/mol. The van der Waals surface area contributed by atoms with Crippen LogP contribution in [0.15, 0.2) is 24.3 Å². The molecule has 1 amide bonds. The molecule has 0 radical (unpaired) electrons. The van der Waals surface area contributed by atoms with Crippen LogP contribution in [0.4, 0.5) is 5.69 Å². The molecule has 1 fully saturated rings. The third-order valence-electron chi connectivity index (χ3n) is 2.66. The second kappa shape index (κ2) is 4.77. The Balaban J connectivity index is 1.98. The fourth-order valence-electron chi connectivity index (χ4n) is 1.77. The number of anilines is 1. The average molecular weight is 215 g/mol. The van der Waals surface area contributed by atoms with E-state index in [1.807, 2.05) is 6.07 Å². The number of hydrogen-bond donors (Lipinski definition) is 2. The summed E-state index contributed by atoms with van der Waals surface area (Å²) in [5, 5.41) is 14.6. The van der Waals surface area contributed by atoms with E-state index < -0.39 is 0 Å². The number of rotatable bonds is 2. The molecule has 82 valence electrons. The molecule has 2 rings (SSSR count). The van der Waals surface area contributed by atoms with Gasteiger partial charge in [-0.05, 0) is 43.7 Å². The van der Waals surface area contributed by atoms with Crippen molar-refractivity contribution >= 4 is 11.6 Å². The molecule has 1 aliphatic rings. The van der Waals surface area contributed by atoms with Crippen molar-refractivity contribution in [3.8, 4) is 6.07 Å². The van der Waals surface area contributed by atoms with Gasteiger partial charge in [-0.1, -0.05) is 0 Å². The van der Waals surface area contributed by atoms with Crippen LogP contribution in [0.2, 0.25) is 0 Å². The lowest BCUT2D eigenvalue weighted by Gasteiger charge is -2.10. The van der Waals surface area contributed by atoms with Crippen molar-refractivity contribution in [2.45, 2.75) is 18.9 Å². The van der Waals surface area contributed by atoms with E-state index >= 15 is 0 Å². The van der Waals surface area contributed by atoms with Crippen molar-refractivity contribution in [3.63, 3.8) is 0 Å². The zero-order valence-electron chi connectivity index (χ0n) is 8.86. The summed E-state index contributed by atoms with van der Waals surface area (Å²) in [4.78, 5) is 11.7. The van der Waals surface area contributed by atoms with E-state index in [1.165, 1.54) is 0 Å². The summed E-state index contributed by atoms with van der Waals surface area (Å²) in [6, 6.07) is 8.83. The fourth-order valence-corrected chi connectivity index (χ4v) is 1.77. The molecule has 0 spiro atoms. The maximum absolute atomic E-state index is 11.7. The Bertz CT molecular complexity index is 413. The van der Waals surface area contributed by atoms with Crippen molar-refractivity contribution in [3.05, 3.63) is 29.8 Å². The molecule has 16 heavy (non-hydrogen) atoms. The minimum Gasteiger partial charge on any atom is -0.325 e. The highest BCUT2D eigenvalue weighted by Crippen LogP contribution is 2.11.